The summed E-state index contributed by atoms with van der Waals surface area (Å²) < 4.78 is 2.05. The van der Waals surface area contributed by atoms with E-state index < -0.39 is 0 Å². The summed E-state index contributed by atoms with van der Waals surface area (Å²) in [5, 5.41) is 3.06. The van der Waals surface area contributed by atoms with Crippen molar-refractivity contribution in [2.75, 3.05) is 6.54 Å². The molecule has 0 saturated heterocycles. The SMILES string of the molecule is C=C(C)CNC(N)=NCc1ccccc1-c1ccc(Cn2ccnc2)cc1.I. The third kappa shape index (κ3) is 6.23. The standard InChI is InChI=1S/C22H25N5.HI/c1-17(2)13-25-22(23)26-14-20-5-3-4-6-21(20)19-9-7-18(8-10-19)15-27-12-11-24-16-27;/h3-12,16H,1,13-15H2,2H3,(H3,23,25,26);1H. The fourth-order valence-electron chi connectivity index (χ4n) is 2.79. The van der Waals surface area contributed by atoms with Gasteiger partial charge in [0.1, 0.15) is 0 Å². The molecule has 1 aromatic heterocycles. The number of aliphatic imine (C=N–C) groups is 1. The molecule has 2 aromatic carbocycles. The van der Waals surface area contributed by atoms with E-state index in [1.807, 2.05) is 31.6 Å². The quantitative estimate of drug-likeness (QED) is 0.227. The van der Waals surface area contributed by atoms with Gasteiger partial charge in [-0.05, 0) is 29.2 Å². The summed E-state index contributed by atoms with van der Waals surface area (Å²) in [6, 6.07) is 16.9. The highest BCUT2D eigenvalue weighted by Crippen LogP contribution is 2.25. The average molecular weight is 487 g/mol. The van der Waals surface area contributed by atoms with Gasteiger partial charge >= 0.3 is 0 Å². The second kappa shape index (κ2) is 10.7. The number of hydrogen-bond acceptors (Lipinski definition) is 2. The van der Waals surface area contributed by atoms with Crippen LogP contribution in [-0.2, 0) is 13.1 Å². The normalized spacial score (nSPS) is 11.0. The van der Waals surface area contributed by atoms with Gasteiger partial charge in [0.05, 0.1) is 12.9 Å². The van der Waals surface area contributed by atoms with Crippen LogP contribution in [0.15, 0.2) is 84.4 Å². The van der Waals surface area contributed by atoms with Crippen LogP contribution in [0, 0.1) is 0 Å². The molecule has 0 radical (unpaired) electrons. The zero-order chi connectivity index (χ0) is 19.1. The Hall–Kier alpha value is -2.61. The molecule has 0 aliphatic carbocycles. The highest BCUT2D eigenvalue weighted by molar-refractivity contribution is 14.0. The summed E-state index contributed by atoms with van der Waals surface area (Å²) in [4.78, 5) is 8.53. The molecule has 0 unspecified atom stereocenters. The van der Waals surface area contributed by atoms with Crippen LogP contribution in [-0.4, -0.2) is 22.1 Å². The summed E-state index contributed by atoms with van der Waals surface area (Å²) in [5.74, 6) is 0.434. The molecule has 3 aromatic rings. The van der Waals surface area contributed by atoms with E-state index >= 15 is 0 Å². The third-order valence-electron chi connectivity index (χ3n) is 4.20. The van der Waals surface area contributed by atoms with Crippen LogP contribution in [0.3, 0.4) is 0 Å². The Morgan fingerprint density at radius 3 is 2.61 bits per heavy atom. The van der Waals surface area contributed by atoms with E-state index in [-0.39, 0.29) is 24.0 Å². The Morgan fingerprint density at radius 1 is 1.18 bits per heavy atom. The zero-order valence-corrected chi connectivity index (χ0v) is 18.3. The molecule has 28 heavy (non-hydrogen) atoms. The molecule has 1 heterocycles. The molecule has 0 saturated carbocycles. The van der Waals surface area contributed by atoms with Crippen molar-refractivity contribution in [3.05, 3.63) is 90.5 Å². The van der Waals surface area contributed by atoms with E-state index in [9.17, 15) is 0 Å². The first kappa shape index (κ1) is 21.7. The van der Waals surface area contributed by atoms with Gasteiger partial charge in [-0.25, -0.2) is 9.98 Å². The predicted molar refractivity (Wildman–Crippen MR) is 127 cm³/mol. The van der Waals surface area contributed by atoms with Gasteiger partial charge in [-0.3, -0.25) is 0 Å². The molecule has 0 atom stereocenters. The van der Waals surface area contributed by atoms with Crippen LogP contribution in [0.4, 0.5) is 0 Å². The topological polar surface area (TPSA) is 68.2 Å². The maximum Gasteiger partial charge on any atom is 0.189 e. The van der Waals surface area contributed by atoms with Crippen LogP contribution in [0.25, 0.3) is 11.1 Å². The first-order valence-electron chi connectivity index (χ1n) is 8.93. The minimum Gasteiger partial charge on any atom is -0.370 e. The number of guanidine groups is 1. The van der Waals surface area contributed by atoms with Crippen LogP contribution in [0.5, 0.6) is 0 Å². The van der Waals surface area contributed by atoms with Gasteiger partial charge in [-0.2, -0.15) is 0 Å². The van der Waals surface area contributed by atoms with Crippen LogP contribution >= 0.6 is 24.0 Å². The van der Waals surface area contributed by atoms with Crippen molar-refractivity contribution in [1.82, 2.24) is 14.9 Å². The summed E-state index contributed by atoms with van der Waals surface area (Å²) in [7, 11) is 0. The number of halogens is 1. The van der Waals surface area contributed by atoms with E-state index in [1.165, 1.54) is 16.7 Å². The average Bonchev–Trinajstić information content (AvgIpc) is 3.18. The van der Waals surface area contributed by atoms with Crippen molar-refractivity contribution in [3.63, 3.8) is 0 Å². The summed E-state index contributed by atoms with van der Waals surface area (Å²) in [6.07, 6.45) is 5.59. The van der Waals surface area contributed by atoms with E-state index in [4.69, 9.17) is 5.73 Å². The van der Waals surface area contributed by atoms with E-state index in [1.54, 1.807) is 6.20 Å². The van der Waals surface area contributed by atoms with Crippen molar-refractivity contribution in [2.45, 2.75) is 20.0 Å². The second-order valence-electron chi connectivity index (χ2n) is 6.60. The Balaban J connectivity index is 0.00000280. The molecule has 0 aliphatic heterocycles. The molecular weight excluding hydrogens is 461 g/mol. The van der Waals surface area contributed by atoms with E-state index in [2.05, 4.69) is 62.8 Å². The number of imidazole rings is 1. The highest BCUT2D eigenvalue weighted by Gasteiger charge is 2.05. The number of rotatable bonds is 7. The molecule has 0 aliphatic rings. The van der Waals surface area contributed by atoms with Crippen molar-refractivity contribution in [1.29, 1.82) is 0 Å². The molecule has 0 fully saturated rings. The number of aromatic nitrogens is 2. The van der Waals surface area contributed by atoms with Crippen molar-refractivity contribution >= 4 is 29.9 Å². The predicted octanol–water partition coefficient (Wildman–Crippen LogP) is 4.20. The number of hydrogen-bond donors (Lipinski definition) is 2. The van der Waals surface area contributed by atoms with Crippen LogP contribution in [0.2, 0.25) is 0 Å². The van der Waals surface area contributed by atoms with Crippen molar-refractivity contribution in [3.8, 4) is 11.1 Å². The van der Waals surface area contributed by atoms with Crippen LogP contribution in [0.1, 0.15) is 18.1 Å². The molecule has 146 valence electrons. The number of nitrogens with one attached hydrogen (secondary N) is 1. The number of benzene rings is 2. The van der Waals surface area contributed by atoms with E-state index in [0.29, 0.717) is 19.0 Å². The number of nitrogens with two attached hydrogens (primary N) is 1. The lowest BCUT2D eigenvalue weighted by atomic mass is 9.98. The largest absolute Gasteiger partial charge is 0.370 e. The lowest BCUT2D eigenvalue weighted by Gasteiger charge is -2.10. The smallest absolute Gasteiger partial charge is 0.189 e. The minimum absolute atomic E-state index is 0. The lowest BCUT2D eigenvalue weighted by Crippen LogP contribution is -2.32. The number of nitrogens with zero attached hydrogens (tertiary/aromatic N) is 3. The molecule has 0 bridgehead atoms. The third-order valence-corrected chi connectivity index (χ3v) is 4.20. The van der Waals surface area contributed by atoms with Gasteiger partial charge in [0.15, 0.2) is 5.96 Å². The Bertz CT molecular complexity index is 914. The molecular formula is C22H26IN5. The Labute approximate surface area is 183 Å². The monoisotopic (exact) mass is 487 g/mol. The molecule has 5 nitrogen and oxygen atoms in total. The summed E-state index contributed by atoms with van der Waals surface area (Å²) >= 11 is 0. The Kier molecular flexibility index (Phi) is 8.25. The molecule has 0 spiro atoms. The first-order valence-corrected chi connectivity index (χ1v) is 8.93. The zero-order valence-electron chi connectivity index (χ0n) is 16.0. The van der Waals surface area contributed by atoms with Gasteiger partial charge in [0, 0.05) is 25.5 Å². The van der Waals surface area contributed by atoms with Gasteiger partial charge < -0.3 is 15.6 Å². The molecule has 3 N–H and O–H groups in total. The summed E-state index contributed by atoms with van der Waals surface area (Å²) in [5.41, 5.74) is 11.7. The molecule has 3 rings (SSSR count). The van der Waals surface area contributed by atoms with Crippen LogP contribution < -0.4 is 11.1 Å². The maximum atomic E-state index is 5.93. The lowest BCUT2D eigenvalue weighted by molar-refractivity contribution is 0.797. The van der Waals surface area contributed by atoms with Gasteiger partial charge in [0.25, 0.3) is 0 Å². The second-order valence-corrected chi connectivity index (χ2v) is 6.60. The van der Waals surface area contributed by atoms with Gasteiger partial charge in [0.2, 0.25) is 0 Å². The van der Waals surface area contributed by atoms with Gasteiger partial charge in [-0.15, -0.1) is 24.0 Å². The molecule has 0 amide bonds. The summed E-state index contributed by atoms with van der Waals surface area (Å²) in [6.45, 7) is 7.78. The van der Waals surface area contributed by atoms with Gasteiger partial charge in [-0.1, -0.05) is 60.7 Å². The van der Waals surface area contributed by atoms with Crippen molar-refractivity contribution in [2.24, 2.45) is 10.7 Å². The van der Waals surface area contributed by atoms with E-state index in [0.717, 1.165) is 17.7 Å². The van der Waals surface area contributed by atoms with Crippen molar-refractivity contribution < 1.29 is 0 Å². The molecule has 6 heteroatoms. The maximum absolute atomic E-state index is 5.93. The Morgan fingerprint density at radius 2 is 1.93 bits per heavy atom. The first-order chi connectivity index (χ1) is 13.1. The minimum atomic E-state index is 0. The fraction of sp³-hybridized carbons (Fsp3) is 0.182. The highest BCUT2D eigenvalue weighted by atomic mass is 127. The fourth-order valence-corrected chi connectivity index (χ4v) is 2.79.